The molecular formula is C10H16N4OS. The summed E-state index contributed by atoms with van der Waals surface area (Å²) in [6.07, 6.45) is 2.64. The number of aromatic nitrogens is 2. The molecule has 0 aromatic carbocycles. The van der Waals surface area contributed by atoms with E-state index in [0.717, 1.165) is 24.1 Å². The Morgan fingerprint density at radius 3 is 3.31 bits per heavy atom. The van der Waals surface area contributed by atoms with Crippen LogP contribution < -0.4 is 5.32 Å². The molecule has 3 heterocycles. The summed E-state index contributed by atoms with van der Waals surface area (Å²) in [4.78, 5) is 6.92. The summed E-state index contributed by atoms with van der Waals surface area (Å²) in [5.41, 5.74) is 0. The van der Waals surface area contributed by atoms with Gasteiger partial charge in [-0.15, -0.1) is 0 Å². The molecule has 16 heavy (non-hydrogen) atoms. The second kappa shape index (κ2) is 4.27. The second-order valence-electron chi connectivity index (χ2n) is 4.32. The fourth-order valence-corrected chi connectivity index (χ4v) is 3.00. The molecule has 1 aromatic heterocycles. The normalized spacial score (nSPS) is 30.3. The Hall–Kier alpha value is -0.720. The first kappa shape index (κ1) is 10.4. The highest BCUT2D eigenvalue weighted by atomic mass is 32.1. The number of morpholine rings is 1. The van der Waals surface area contributed by atoms with Crippen molar-refractivity contribution in [1.82, 2.24) is 14.3 Å². The van der Waals surface area contributed by atoms with Crippen LogP contribution in [-0.2, 0) is 4.74 Å². The molecule has 2 saturated heterocycles. The zero-order chi connectivity index (χ0) is 11.0. The molecule has 6 heteroatoms. The first-order chi connectivity index (χ1) is 7.86. The summed E-state index contributed by atoms with van der Waals surface area (Å²) < 4.78 is 10.2. The predicted octanol–water partition coefficient (Wildman–Crippen LogP) is 1.12. The van der Waals surface area contributed by atoms with E-state index >= 15 is 0 Å². The standard InChI is InChI=1S/C10H16N4OS/c1-11-10-12-9(13-16-10)8-5-14-4-2-3-7(14)6-15-8/h7-8H,2-6H2,1H3,(H,11,12,13). The summed E-state index contributed by atoms with van der Waals surface area (Å²) in [6.45, 7) is 2.98. The number of ether oxygens (including phenoxy) is 1. The highest BCUT2D eigenvalue weighted by molar-refractivity contribution is 7.09. The molecule has 1 N–H and O–H groups in total. The van der Waals surface area contributed by atoms with Gasteiger partial charge in [0.25, 0.3) is 0 Å². The lowest BCUT2D eigenvalue weighted by Gasteiger charge is -2.33. The van der Waals surface area contributed by atoms with Crippen LogP contribution in [0.2, 0.25) is 0 Å². The van der Waals surface area contributed by atoms with Crippen LogP contribution in [-0.4, -0.2) is 47.0 Å². The monoisotopic (exact) mass is 240 g/mol. The van der Waals surface area contributed by atoms with Crippen molar-refractivity contribution in [3.63, 3.8) is 0 Å². The molecule has 3 rings (SSSR count). The van der Waals surface area contributed by atoms with Crippen molar-refractivity contribution in [2.45, 2.75) is 25.0 Å². The molecule has 5 nitrogen and oxygen atoms in total. The molecule has 0 bridgehead atoms. The van der Waals surface area contributed by atoms with Gasteiger partial charge in [0, 0.05) is 31.2 Å². The van der Waals surface area contributed by atoms with Gasteiger partial charge in [-0.3, -0.25) is 4.90 Å². The number of nitrogens with one attached hydrogen (secondary N) is 1. The molecule has 0 radical (unpaired) electrons. The summed E-state index contributed by atoms with van der Waals surface area (Å²) in [5, 5.41) is 3.87. The van der Waals surface area contributed by atoms with Gasteiger partial charge in [-0.25, -0.2) is 4.98 Å². The van der Waals surface area contributed by atoms with Crippen molar-refractivity contribution in [1.29, 1.82) is 0 Å². The predicted molar refractivity (Wildman–Crippen MR) is 62.7 cm³/mol. The van der Waals surface area contributed by atoms with Gasteiger partial charge in [0.05, 0.1) is 6.61 Å². The minimum atomic E-state index is 0.0627. The fourth-order valence-electron chi connectivity index (χ4n) is 2.44. The molecule has 0 saturated carbocycles. The average molecular weight is 240 g/mol. The van der Waals surface area contributed by atoms with E-state index in [9.17, 15) is 0 Å². The van der Waals surface area contributed by atoms with Gasteiger partial charge >= 0.3 is 0 Å². The topological polar surface area (TPSA) is 50.3 Å². The third kappa shape index (κ3) is 1.81. The van der Waals surface area contributed by atoms with E-state index in [0.29, 0.717) is 6.04 Å². The number of hydrogen-bond acceptors (Lipinski definition) is 6. The fraction of sp³-hybridized carbons (Fsp3) is 0.800. The van der Waals surface area contributed by atoms with E-state index in [4.69, 9.17) is 4.74 Å². The van der Waals surface area contributed by atoms with Gasteiger partial charge in [-0.1, -0.05) is 0 Å². The number of anilines is 1. The van der Waals surface area contributed by atoms with Crippen LogP contribution in [0.3, 0.4) is 0 Å². The minimum Gasteiger partial charge on any atom is -0.367 e. The van der Waals surface area contributed by atoms with Gasteiger partial charge in [0.15, 0.2) is 5.82 Å². The third-order valence-corrected chi connectivity index (χ3v) is 4.08. The smallest absolute Gasteiger partial charge is 0.202 e. The highest BCUT2D eigenvalue weighted by Crippen LogP contribution is 2.29. The van der Waals surface area contributed by atoms with Crippen molar-refractivity contribution < 1.29 is 4.74 Å². The van der Waals surface area contributed by atoms with Crippen LogP contribution in [0.5, 0.6) is 0 Å². The Balaban J connectivity index is 1.71. The Kier molecular flexibility index (Phi) is 2.79. The van der Waals surface area contributed by atoms with Gasteiger partial charge in [-0.2, -0.15) is 4.37 Å². The molecule has 0 aliphatic carbocycles. The third-order valence-electron chi connectivity index (χ3n) is 3.33. The Morgan fingerprint density at radius 2 is 2.50 bits per heavy atom. The van der Waals surface area contributed by atoms with Crippen molar-refractivity contribution in [2.75, 3.05) is 32.1 Å². The second-order valence-corrected chi connectivity index (χ2v) is 5.07. The van der Waals surface area contributed by atoms with Crippen molar-refractivity contribution in [3.8, 4) is 0 Å². The first-order valence-corrected chi connectivity index (χ1v) is 6.51. The van der Waals surface area contributed by atoms with Crippen LogP contribution in [0.4, 0.5) is 5.13 Å². The summed E-state index contributed by atoms with van der Waals surface area (Å²) in [6, 6.07) is 0.638. The van der Waals surface area contributed by atoms with Crippen LogP contribution in [0.15, 0.2) is 0 Å². The van der Waals surface area contributed by atoms with E-state index in [2.05, 4.69) is 19.6 Å². The van der Waals surface area contributed by atoms with E-state index in [1.807, 2.05) is 7.05 Å². The maximum Gasteiger partial charge on any atom is 0.202 e. The quantitative estimate of drug-likeness (QED) is 0.839. The lowest BCUT2D eigenvalue weighted by Crippen LogP contribution is -2.42. The van der Waals surface area contributed by atoms with Crippen molar-refractivity contribution in [3.05, 3.63) is 5.82 Å². The number of rotatable bonds is 2. The lowest BCUT2D eigenvalue weighted by atomic mass is 10.2. The number of hydrogen-bond donors (Lipinski definition) is 1. The first-order valence-electron chi connectivity index (χ1n) is 5.74. The molecule has 0 spiro atoms. The molecule has 2 aliphatic rings. The Morgan fingerprint density at radius 1 is 1.56 bits per heavy atom. The lowest BCUT2D eigenvalue weighted by molar-refractivity contribution is -0.0535. The summed E-state index contributed by atoms with van der Waals surface area (Å²) in [5.74, 6) is 0.833. The van der Waals surface area contributed by atoms with E-state index in [-0.39, 0.29) is 6.10 Å². The zero-order valence-electron chi connectivity index (χ0n) is 9.35. The van der Waals surface area contributed by atoms with Gasteiger partial charge in [0.2, 0.25) is 5.13 Å². The highest BCUT2D eigenvalue weighted by Gasteiger charge is 2.34. The largest absolute Gasteiger partial charge is 0.367 e. The van der Waals surface area contributed by atoms with Crippen LogP contribution in [0.25, 0.3) is 0 Å². The van der Waals surface area contributed by atoms with E-state index < -0.39 is 0 Å². The summed E-state index contributed by atoms with van der Waals surface area (Å²) in [7, 11) is 1.86. The Bertz CT molecular complexity index is 369. The molecule has 0 amide bonds. The zero-order valence-corrected chi connectivity index (χ0v) is 10.2. The molecule has 2 atom stereocenters. The minimum absolute atomic E-state index is 0.0627. The average Bonchev–Trinajstić information content (AvgIpc) is 2.96. The Labute approximate surface area is 99.0 Å². The molecule has 88 valence electrons. The van der Waals surface area contributed by atoms with Gasteiger partial charge in [-0.05, 0) is 19.4 Å². The van der Waals surface area contributed by atoms with Gasteiger partial charge in [0.1, 0.15) is 6.10 Å². The van der Waals surface area contributed by atoms with Crippen molar-refractivity contribution >= 4 is 16.7 Å². The van der Waals surface area contributed by atoms with Crippen molar-refractivity contribution in [2.24, 2.45) is 0 Å². The SMILES string of the molecule is CNc1nc(C2CN3CCCC3CO2)ns1. The molecule has 2 fully saturated rings. The van der Waals surface area contributed by atoms with E-state index in [1.54, 1.807) is 0 Å². The van der Waals surface area contributed by atoms with Crippen LogP contribution >= 0.6 is 11.5 Å². The van der Waals surface area contributed by atoms with Crippen LogP contribution in [0.1, 0.15) is 24.8 Å². The molecule has 2 aliphatic heterocycles. The van der Waals surface area contributed by atoms with Gasteiger partial charge < -0.3 is 10.1 Å². The molecule has 1 aromatic rings. The maximum absolute atomic E-state index is 5.85. The number of fused-ring (bicyclic) bond motifs is 1. The summed E-state index contributed by atoms with van der Waals surface area (Å²) >= 11 is 1.40. The molecular weight excluding hydrogens is 224 g/mol. The van der Waals surface area contributed by atoms with E-state index in [1.165, 1.54) is 30.9 Å². The maximum atomic E-state index is 5.85. The van der Waals surface area contributed by atoms with Crippen LogP contribution in [0, 0.1) is 0 Å². The number of nitrogens with zero attached hydrogens (tertiary/aromatic N) is 3. The molecule has 2 unspecified atom stereocenters.